The molecule has 0 aliphatic carbocycles. The highest BCUT2D eigenvalue weighted by atomic mass is 19.4. The quantitative estimate of drug-likeness (QED) is 0.878. The Labute approximate surface area is 136 Å². The zero-order chi connectivity index (χ0) is 17.7. The summed E-state index contributed by atoms with van der Waals surface area (Å²) in [6.07, 6.45) is -1.28. The molecule has 0 saturated heterocycles. The first-order valence-electron chi connectivity index (χ1n) is 7.07. The summed E-state index contributed by atoms with van der Waals surface area (Å²) in [5.41, 5.74) is 7.11. The molecule has 1 heterocycles. The molecule has 0 saturated carbocycles. The molecule has 1 atom stereocenters. The van der Waals surface area contributed by atoms with Crippen molar-refractivity contribution in [1.82, 2.24) is 4.98 Å². The van der Waals surface area contributed by atoms with Gasteiger partial charge < -0.3 is 15.8 Å². The molecular formula is C16H16F3N3O2. The fraction of sp³-hybridized carbons (Fsp3) is 0.250. The fourth-order valence-electron chi connectivity index (χ4n) is 1.90. The molecule has 0 radical (unpaired) electrons. The van der Waals surface area contributed by atoms with Crippen molar-refractivity contribution in [3.8, 4) is 16.9 Å². The first-order chi connectivity index (χ1) is 11.3. The van der Waals surface area contributed by atoms with Gasteiger partial charge in [-0.1, -0.05) is 6.07 Å². The fourth-order valence-corrected chi connectivity index (χ4v) is 1.90. The van der Waals surface area contributed by atoms with Crippen molar-refractivity contribution in [2.24, 2.45) is 5.73 Å². The van der Waals surface area contributed by atoms with E-state index >= 15 is 0 Å². The topological polar surface area (TPSA) is 77.2 Å². The highest BCUT2D eigenvalue weighted by Gasteiger charge is 2.28. The van der Waals surface area contributed by atoms with E-state index in [0.717, 1.165) is 0 Å². The number of aromatic nitrogens is 1. The predicted octanol–water partition coefficient (Wildman–Crippen LogP) is 2.98. The summed E-state index contributed by atoms with van der Waals surface area (Å²) in [5, 5.41) is 2.59. The highest BCUT2D eigenvalue weighted by Crippen LogP contribution is 2.32. The summed E-state index contributed by atoms with van der Waals surface area (Å²) in [4.78, 5) is 15.8. The lowest BCUT2D eigenvalue weighted by molar-refractivity contribution is -0.153. The third-order valence-corrected chi connectivity index (χ3v) is 3.04. The van der Waals surface area contributed by atoms with Gasteiger partial charge >= 0.3 is 6.18 Å². The van der Waals surface area contributed by atoms with E-state index in [0.29, 0.717) is 16.8 Å². The number of pyridine rings is 1. The number of alkyl halides is 3. The Morgan fingerprint density at radius 1 is 1.38 bits per heavy atom. The van der Waals surface area contributed by atoms with Gasteiger partial charge in [-0.3, -0.25) is 9.78 Å². The third kappa shape index (κ3) is 4.95. The average molecular weight is 339 g/mol. The van der Waals surface area contributed by atoms with Crippen LogP contribution < -0.4 is 15.8 Å². The molecule has 0 aliphatic rings. The van der Waals surface area contributed by atoms with Crippen molar-refractivity contribution >= 4 is 11.6 Å². The lowest BCUT2D eigenvalue weighted by Crippen LogP contribution is -2.32. The number of nitrogens with zero attached hydrogens (tertiary/aromatic N) is 1. The highest BCUT2D eigenvalue weighted by molar-refractivity contribution is 5.98. The number of halogens is 3. The van der Waals surface area contributed by atoms with Crippen LogP contribution in [-0.2, 0) is 4.79 Å². The number of carbonyl (C=O) groups is 1. The smallest absolute Gasteiger partial charge is 0.422 e. The maximum absolute atomic E-state index is 12.3. The Hall–Kier alpha value is -2.61. The molecule has 0 fully saturated rings. The predicted molar refractivity (Wildman–Crippen MR) is 83.5 cm³/mol. The Bertz CT molecular complexity index is 703. The second-order valence-corrected chi connectivity index (χ2v) is 5.13. The number of anilines is 1. The number of hydrogen-bond donors (Lipinski definition) is 2. The van der Waals surface area contributed by atoms with Gasteiger partial charge in [0, 0.05) is 29.6 Å². The van der Waals surface area contributed by atoms with Gasteiger partial charge in [-0.2, -0.15) is 13.2 Å². The van der Waals surface area contributed by atoms with Gasteiger partial charge in [-0.05, 0) is 25.1 Å². The second-order valence-electron chi connectivity index (χ2n) is 5.13. The molecule has 128 valence electrons. The van der Waals surface area contributed by atoms with Crippen LogP contribution in [0.2, 0.25) is 0 Å². The lowest BCUT2D eigenvalue weighted by atomic mass is 10.0. The summed E-state index contributed by atoms with van der Waals surface area (Å²) >= 11 is 0. The molecule has 0 aliphatic heterocycles. The molecule has 3 N–H and O–H groups in total. The van der Waals surface area contributed by atoms with Gasteiger partial charge in [-0.15, -0.1) is 0 Å². The van der Waals surface area contributed by atoms with E-state index in [1.165, 1.54) is 19.1 Å². The van der Waals surface area contributed by atoms with Crippen molar-refractivity contribution < 1.29 is 22.7 Å². The number of rotatable bonds is 5. The van der Waals surface area contributed by atoms with E-state index in [-0.39, 0.29) is 5.75 Å². The minimum absolute atomic E-state index is 0.0139. The number of benzene rings is 1. The van der Waals surface area contributed by atoms with Crippen molar-refractivity contribution in [3.63, 3.8) is 0 Å². The number of carbonyl (C=O) groups excluding carboxylic acids is 1. The Morgan fingerprint density at radius 2 is 2.12 bits per heavy atom. The van der Waals surface area contributed by atoms with E-state index < -0.39 is 24.7 Å². The molecule has 0 bridgehead atoms. The van der Waals surface area contributed by atoms with Crippen LogP contribution in [0.5, 0.6) is 5.75 Å². The molecule has 8 heteroatoms. The van der Waals surface area contributed by atoms with Gasteiger partial charge in [0.15, 0.2) is 6.61 Å². The monoisotopic (exact) mass is 339 g/mol. The van der Waals surface area contributed by atoms with Crippen molar-refractivity contribution in [2.45, 2.75) is 19.1 Å². The average Bonchev–Trinajstić information content (AvgIpc) is 2.53. The molecule has 1 aromatic carbocycles. The molecule has 5 nitrogen and oxygen atoms in total. The van der Waals surface area contributed by atoms with E-state index in [2.05, 4.69) is 10.3 Å². The Balaban J connectivity index is 2.34. The SMILES string of the molecule is CC(N)C(=O)Nc1cc(OCC(F)(F)F)ccc1-c1cccnc1. The summed E-state index contributed by atoms with van der Waals surface area (Å²) < 4.78 is 41.6. The van der Waals surface area contributed by atoms with Crippen molar-refractivity contribution in [1.29, 1.82) is 0 Å². The maximum Gasteiger partial charge on any atom is 0.422 e. The summed E-state index contributed by atoms with van der Waals surface area (Å²) in [5.74, 6) is -0.479. The molecule has 2 rings (SSSR count). The third-order valence-electron chi connectivity index (χ3n) is 3.04. The first kappa shape index (κ1) is 17.7. The van der Waals surface area contributed by atoms with Gasteiger partial charge in [-0.25, -0.2) is 0 Å². The summed E-state index contributed by atoms with van der Waals surface area (Å²) in [6, 6.07) is 6.98. The molecule has 1 unspecified atom stereocenters. The number of ether oxygens (including phenoxy) is 1. The molecular weight excluding hydrogens is 323 g/mol. The molecule has 0 spiro atoms. The second kappa shape index (κ2) is 7.31. The zero-order valence-corrected chi connectivity index (χ0v) is 12.8. The standard InChI is InChI=1S/C16H16F3N3O2/c1-10(20)15(23)22-14-7-12(24-9-16(17,18)19)4-5-13(14)11-3-2-6-21-8-11/h2-8,10H,9,20H2,1H3,(H,22,23). The number of nitrogens with one attached hydrogen (secondary N) is 1. The zero-order valence-electron chi connectivity index (χ0n) is 12.8. The van der Waals surface area contributed by atoms with E-state index in [4.69, 9.17) is 10.5 Å². The molecule has 2 aromatic rings. The van der Waals surface area contributed by atoms with Crippen LogP contribution in [0, 0.1) is 0 Å². The van der Waals surface area contributed by atoms with Gasteiger partial charge in [0.2, 0.25) is 5.91 Å². The molecule has 1 aromatic heterocycles. The van der Waals surface area contributed by atoms with Crippen LogP contribution in [0.3, 0.4) is 0 Å². The van der Waals surface area contributed by atoms with Crippen molar-refractivity contribution in [3.05, 3.63) is 42.7 Å². The van der Waals surface area contributed by atoms with Gasteiger partial charge in [0.05, 0.1) is 11.7 Å². The van der Waals surface area contributed by atoms with Gasteiger partial charge in [0.1, 0.15) is 5.75 Å². The Kier molecular flexibility index (Phi) is 5.40. The summed E-state index contributed by atoms with van der Waals surface area (Å²) in [7, 11) is 0. The minimum Gasteiger partial charge on any atom is -0.484 e. The first-order valence-corrected chi connectivity index (χ1v) is 7.07. The van der Waals surface area contributed by atoms with Crippen LogP contribution in [-0.4, -0.2) is 29.7 Å². The van der Waals surface area contributed by atoms with Crippen molar-refractivity contribution in [2.75, 3.05) is 11.9 Å². The number of nitrogens with two attached hydrogens (primary N) is 1. The normalized spacial score (nSPS) is 12.5. The van der Waals surface area contributed by atoms with E-state index in [1.807, 2.05) is 0 Å². The summed E-state index contributed by atoms with van der Waals surface area (Å²) in [6.45, 7) is 0.0863. The number of amides is 1. The maximum atomic E-state index is 12.3. The largest absolute Gasteiger partial charge is 0.484 e. The van der Waals surface area contributed by atoms with Crippen LogP contribution in [0.4, 0.5) is 18.9 Å². The lowest BCUT2D eigenvalue weighted by Gasteiger charge is -2.15. The number of hydrogen-bond acceptors (Lipinski definition) is 4. The van der Waals surface area contributed by atoms with E-state index in [1.54, 1.807) is 30.6 Å². The molecule has 1 amide bonds. The van der Waals surface area contributed by atoms with Crippen LogP contribution >= 0.6 is 0 Å². The van der Waals surface area contributed by atoms with Crippen LogP contribution in [0.15, 0.2) is 42.7 Å². The van der Waals surface area contributed by atoms with E-state index in [9.17, 15) is 18.0 Å². The van der Waals surface area contributed by atoms with Crippen LogP contribution in [0.1, 0.15) is 6.92 Å². The van der Waals surface area contributed by atoms with Gasteiger partial charge in [0.25, 0.3) is 0 Å². The van der Waals surface area contributed by atoms with Crippen LogP contribution in [0.25, 0.3) is 11.1 Å². The Morgan fingerprint density at radius 3 is 2.71 bits per heavy atom. The molecule has 24 heavy (non-hydrogen) atoms. The minimum atomic E-state index is -4.45.